The molecule has 0 saturated carbocycles. The number of nitrogens with zero attached hydrogens (tertiary/aromatic N) is 2. The zero-order valence-electron chi connectivity index (χ0n) is 27.9. The Morgan fingerprint density at radius 1 is 0.288 bits per heavy atom. The highest BCUT2D eigenvalue weighted by Gasteiger charge is 2.21. The van der Waals surface area contributed by atoms with Gasteiger partial charge >= 0.3 is 0 Å². The molecule has 8 aromatic carbocycles. The monoisotopic (exact) mass is 696 g/mol. The maximum absolute atomic E-state index is 2.50. The van der Waals surface area contributed by atoms with E-state index in [4.69, 9.17) is 0 Å². The summed E-state index contributed by atoms with van der Waals surface area (Å²) in [6.45, 7) is 0. The minimum Gasteiger partial charge on any atom is -0.307 e. The zero-order valence-corrected chi connectivity index (χ0v) is 29.5. The molecular weight excluding hydrogens is 669 g/mol. The lowest BCUT2D eigenvalue weighted by Crippen LogP contribution is -1.98. The van der Waals surface area contributed by atoms with Crippen LogP contribution in [0, 0.1) is 0 Å². The molecule has 0 atom stereocenters. The topological polar surface area (TPSA) is 9.86 Å². The number of hydrogen-bond acceptors (Lipinski definition) is 2. The molecule has 0 aliphatic rings. The lowest BCUT2D eigenvalue weighted by atomic mass is 10.0. The van der Waals surface area contributed by atoms with Gasteiger partial charge in [-0.3, -0.25) is 0 Å². The van der Waals surface area contributed by atoms with Gasteiger partial charge in [-0.25, -0.2) is 0 Å². The van der Waals surface area contributed by atoms with Crippen molar-refractivity contribution in [2.45, 2.75) is 0 Å². The van der Waals surface area contributed by atoms with Crippen molar-refractivity contribution in [2.24, 2.45) is 0 Å². The normalized spacial score (nSPS) is 12.2. The van der Waals surface area contributed by atoms with Crippen molar-refractivity contribution in [2.75, 3.05) is 0 Å². The molecule has 0 fully saturated rings. The summed E-state index contributed by atoms with van der Waals surface area (Å²) in [5.74, 6) is 0. The molecule has 2 nitrogen and oxygen atoms in total. The van der Waals surface area contributed by atoms with Gasteiger partial charge in [0.05, 0.1) is 22.1 Å². The highest BCUT2D eigenvalue weighted by Crippen LogP contribution is 2.44. The first-order valence-corrected chi connectivity index (χ1v) is 19.3. The van der Waals surface area contributed by atoms with Gasteiger partial charge in [0.15, 0.2) is 0 Å². The molecule has 12 rings (SSSR count). The number of benzene rings is 8. The van der Waals surface area contributed by atoms with E-state index >= 15 is 0 Å². The van der Waals surface area contributed by atoms with Crippen LogP contribution in [0.4, 0.5) is 0 Å². The fraction of sp³-hybridized carbons (Fsp3) is 0. The largest absolute Gasteiger partial charge is 0.307 e. The maximum Gasteiger partial charge on any atom is 0.0788 e. The van der Waals surface area contributed by atoms with Crippen molar-refractivity contribution < 1.29 is 0 Å². The number of thiophene rings is 2. The van der Waals surface area contributed by atoms with Crippen molar-refractivity contribution in [1.29, 1.82) is 0 Å². The Balaban J connectivity index is 1.09. The Hall–Kier alpha value is -6.20. The van der Waals surface area contributed by atoms with Gasteiger partial charge in [0, 0.05) is 73.3 Å². The minimum absolute atomic E-state index is 1.17. The molecule has 0 bridgehead atoms. The Labute approximate surface area is 306 Å². The highest BCUT2D eigenvalue weighted by atomic mass is 32.1. The van der Waals surface area contributed by atoms with Gasteiger partial charge in [0.25, 0.3) is 0 Å². The Bertz CT molecular complexity index is 3410. The summed E-state index contributed by atoms with van der Waals surface area (Å²) in [6.07, 6.45) is 0. The standard InChI is InChI=1S/C48H28N2S2/c1-2-10-31(11-3-1)49-41-15-7-4-12-33(41)38-23-24-39-34-13-5-8-16-42(34)50(48(39)47(38)49)32-20-25-44-40(28-32)37-22-19-30(27-46(37)52-44)29-18-21-36-35-14-6-9-17-43(35)51-45(36)26-29/h1-28H. The first-order chi connectivity index (χ1) is 25.8. The molecule has 4 heteroatoms. The molecule has 0 spiro atoms. The first-order valence-electron chi connectivity index (χ1n) is 17.7. The van der Waals surface area contributed by atoms with Crippen LogP contribution < -0.4 is 0 Å². The number of fused-ring (bicyclic) bond motifs is 13. The fourth-order valence-corrected chi connectivity index (χ4v) is 10.9. The van der Waals surface area contributed by atoms with E-state index < -0.39 is 0 Å². The molecule has 0 aliphatic carbocycles. The van der Waals surface area contributed by atoms with Gasteiger partial charge in [-0.2, -0.15) is 0 Å². The molecule has 52 heavy (non-hydrogen) atoms. The molecule has 12 aromatic rings. The van der Waals surface area contributed by atoms with Gasteiger partial charge in [-0.1, -0.05) is 109 Å². The molecule has 4 aromatic heterocycles. The Morgan fingerprint density at radius 3 is 1.42 bits per heavy atom. The van der Waals surface area contributed by atoms with Crippen molar-refractivity contribution in [3.05, 3.63) is 170 Å². The molecule has 0 saturated heterocycles. The third kappa shape index (κ3) is 3.93. The number of para-hydroxylation sites is 3. The van der Waals surface area contributed by atoms with Crippen LogP contribution in [0.1, 0.15) is 0 Å². The fourth-order valence-electron chi connectivity index (χ4n) is 8.60. The molecule has 4 heterocycles. The summed E-state index contributed by atoms with van der Waals surface area (Å²) in [5.41, 5.74) is 9.77. The summed E-state index contributed by atoms with van der Waals surface area (Å²) in [7, 11) is 0. The number of hydrogen-bond donors (Lipinski definition) is 0. The summed E-state index contributed by atoms with van der Waals surface area (Å²) in [6, 6.07) is 62.9. The third-order valence-corrected chi connectivity index (χ3v) is 13.2. The van der Waals surface area contributed by atoms with Crippen molar-refractivity contribution in [3.63, 3.8) is 0 Å². The SMILES string of the molecule is c1ccc(-n2c3ccccc3c3ccc4c5ccccc5n(-c5ccc6sc7cc(-c8ccc9c(c8)sc8ccccc89)ccc7c6c5)c4c32)cc1. The van der Waals surface area contributed by atoms with E-state index in [9.17, 15) is 0 Å². The van der Waals surface area contributed by atoms with Crippen LogP contribution in [0.25, 0.3) is 106 Å². The second-order valence-corrected chi connectivity index (χ2v) is 15.9. The van der Waals surface area contributed by atoms with Crippen LogP contribution in [0.15, 0.2) is 170 Å². The molecular formula is C48H28N2S2. The van der Waals surface area contributed by atoms with Gasteiger partial charge in [0.2, 0.25) is 0 Å². The lowest BCUT2D eigenvalue weighted by molar-refractivity contribution is 1.15. The molecule has 242 valence electrons. The molecule has 0 amide bonds. The Morgan fingerprint density at radius 2 is 0.769 bits per heavy atom. The maximum atomic E-state index is 2.50. The molecule has 0 N–H and O–H groups in total. The van der Waals surface area contributed by atoms with Crippen LogP contribution in [-0.4, -0.2) is 9.13 Å². The van der Waals surface area contributed by atoms with E-state index in [-0.39, 0.29) is 0 Å². The quantitative estimate of drug-likeness (QED) is 0.174. The predicted octanol–water partition coefficient (Wildman–Crippen LogP) is 14.3. The number of rotatable bonds is 3. The average Bonchev–Trinajstić information content (AvgIpc) is 3.95. The lowest BCUT2D eigenvalue weighted by Gasteiger charge is -2.12. The molecule has 0 unspecified atom stereocenters. The number of aromatic nitrogens is 2. The zero-order chi connectivity index (χ0) is 33.9. The smallest absolute Gasteiger partial charge is 0.0788 e. The van der Waals surface area contributed by atoms with E-state index in [0.717, 1.165) is 0 Å². The van der Waals surface area contributed by atoms with Crippen molar-refractivity contribution in [3.8, 4) is 22.5 Å². The van der Waals surface area contributed by atoms with Crippen LogP contribution in [0.3, 0.4) is 0 Å². The second-order valence-electron chi connectivity index (χ2n) is 13.7. The first kappa shape index (κ1) is 28.5. The Kier molecular flexibility index (Phi) is 5.84. The van der Waals surface area contributed by atoms with Gasteiger partial charge in [0.1, 0.15) is 0 Å². The van der Waals surface area contributed by atoms with Crippen LogP contribution in [0.5, 0.6) is 0 Å². The highest BCUT2D eigenvalue weighted by molar-refractivity contribution is 7.26. The predicted molar refractivity (Wildman–Crippen MR) is 226 cm³/mol. The van der Waals surface area contributed by atoms with E-state index in [1.54, 1.807) is 0 Å². The van der Waals surface area contributed by atoms with Crippen LogP contribution in [0.2, 0.25) is 0 Å². The van der Waals surface area contributed by atoms with Gasteiger partial charge in [-0.05, 0) is 71.8 Å². The van der Waals surface area contributed by atoms with Crippen LogP contribution >= 0.6 is 22.7 Å². The second kappa shape index (κ2) is 10.7. The van der Waals surface area contributed by atoms with E-state index in [1.807, 2.05) is 22.7 Å². The summed E-state index contributed by atoms with van der Waals surface area (Å²) in [4.78, 5) is 0. The minimum atomic E-state index is 1.17. The van der Waals surface area contributed by atoms with E-state index in [2.05, 4.69) is 179 Å². The van der Waals surface area contributed by atoms with E-state index in [1.165, 1.54) is 106 Å². The van der Waals surface area contributed by atoms with Gasteiger partial charge in [-0.15, -0.1) is 22.7 Å². The summed E-state index contributed by atoms with van der Waals surface area (Å²) >= 11 is 3.77. The van der Waals surface area contributed by atoms with E-state index in [0.29, 0.717) is 0 Å². The van der Waals surface area contributed by atoms with Crippen molar-refractivity contribution in [1.82, 2.24) is 9.13 Å². The average molecular weight is 697 g/mol. The van der Waals surface area contributed by atoms with Crippen LogP contribution in [-0.2, 0) is 0 Å². The van der Waals surface area contributed by atoms with Gasteiger partial charge < -0.3 is 9.13 Å². The molecule has 0 aliphatic heterocycles. The van der Waals surface area contributed by atoms with Crippen molar-refractivity contribution >= 4 is 107 Å². The summed E-state index contributed by atoms with van der Waals surface area (Å²) in [5, 5.41) is 10.3. The third-order valence-electron chi connectivity index (χ3n) is 10.9. The summed E-state index contributed by atoms with van der Waals surface area (Å²) < 4.78 is 10.3. The molecule has 0 radical (unpaired) electrons.